The van der Waals surface area contributed by atoms with E-state index in [1.807, 2.05) is 0 Å². The molecule has 3 N–H and O–H groups in total. The van der Waals surface area contributed by atoms with Gasteiger partial charge in [-0.05, 0) is 45.4 Å². The summed E-state index contributed by atoms with van der Waals surface area (Å²) in [5.74, 6) is -0.843. The number of azide groups is 1. The second-order valence-corrected chi connectivity index (χ2v) is 12.5. The molecule has 0 saturated carbocycles. The molecule has 19 heteroatoms. The van der Waals surface area contributed by atoms with Crippen LogP contribution in [0.25, 0.3) is 10.4 Å². The number of ether oxygens (including phenoxy) is 2. The second kappa shape index (κ2) is 13.6. The molecule has 224 valence electrons. The highest BCUT2D eigenvalue weighted by Gasteiger charge is 2.43. The molecule has 0 aliphatic carbocycles. The van der Waals surface area contributed by atoms with Gasteiger partial charge in [-0.15, -0.1) is 0 Å². The molecule has 1 aliphatic rings. The van der Waals surface area contributed by atoms with Crippen molar-refractivity contribution in [3.05, 3.63) is 73.4 Å². The Bertz CT molecular complexity index is 1490. The third kappa shape index (κ3) is 9.12. The molecule has 1 fully saturated rings. The van der Waals surface area contributed by atoms with Gasteiger partial charge in [0.2, 0.25) is 0 Å². The van der Waals surface area contributed by atoms with Gasteiger partial charge in [0, 0.05) is 23.1 Å². The van der Waals surface area contributed by atoms with Crippen LogP contribution in [0.2, 0.25) is 0 Å². The summed E-state index contributed by atoms with van der Waals surface area (Å²) >= 11 is 0. The molecular weight excluding hydrogens is 586 g/mol. The Morgan fingerprint density at radius 3 is 2.61 bits per heavy atom. The number of hydrogen-bond acceptors (Lipinski definition) is 11. The normalized spacial score (nSPS) is 22.2. The summed E-state index contributed by atoms with van der Waals surface area (Å²) in [7, 11) is -9.99. The van der Waals surface area contributed by atoms with E-state index in [0.29, 0.717) is 0 Å². The van der Waals surface area contributed by atoms with E-state index in [0.717, 1.165) is 4.57 Å². The summed E-state index contributed by atoms with van der Waals surface area (Å²) in [5, 5.41) is 5.86. The van der Waals surface area contributed by atoms with Gasteiger partial charge in [0.1, 0.15) is 18.0 Å². The van der Waals surface area contributed by atoms with Crippen LogP contribution in [0.3, 0.4) is 0 Å². The summed E-state index contributed by atoms with van der Waals surface area (Å²) in [4.78, 5) is 51.6. The first kappa shape index (κ1) is 32.3. The number of para-hydroxylation sites is 1. The minimum atomic E-state index is -5.21. The minimum absolute atomic E-state index is 0.0141. The minimum Gasteiger partial charge on any atom is -0.462 e. The van der Waals surface area contributed by atoms with E-state index in [1.165, 1.54) is 32.2 Å². The highest BCUT2D eigenvalue weighted by Crippen LogP contribution is 2.60. The predicted octanol–water partition coefficient (Wildman–Crippen LogP) is 3.06. The van der Waals surface area contributed by atoms with Gasteiger partial charge >= 0.3 is 27.2 Å². The number of esters is 1. The third-order valence-corrected chi connectivity index (χ3v) is 8.81. The van der Waals surface area contributed by atoms with Gasteiger partial charge in [0.25, 0.3) is 5.56 Å². The van der Waals surface area contributed by atoms with Gasteiger partial charge in [0.05, 0.1) is 24.9 Å². The zero-order valence-corrected chi connectivity index (χ0v) is 24.3. The van der Waals surface area contributed by atoms with Crippen LogP contribution in [0.5, 0.6) is 5.75 Å². The Kier molecular flexibility index (Phi) is 10.7. The number of aromatic nitrogens is 2. The fourth-order valence-electron chi connectivity index (χ4n) is 3.66. The van der Waals surface area contributed by atoms with E-state index in [1.54, 1.807) is 32.0 Å². The van der Waals surface area contributed by atoms with Crippen LogP contribution in [0.15, 0.2) is 51.2 Å². The molecule has 1 aliphatic heterocycles. The molecular formula is C22H30N6O11P2. The quantitative estimate of drug-likeness (QED) is 0.0968. The lowest BCUT2D eigenvalue weighted by Crippen LogP contribution is -2.36. The largest absolute Gasteiger partial charge is 0.481 e. The zero-order valence-electron chi connectivity index (χ0n) is 22.5. The Labute approximate surface area is 233 Å². The van der Waals surface area contributed by atoms with Crippen LogP contribution in [0.1, 0.15) is 39.0 Å². The molecule has 6 atom stereocenters. The van der Waals surface area contributed by atoms with Crippen LogP contribution < -0.4 is 20.9 Å². The number of phosphoric acid groups is 1. The SMILES string of the molecule is Cc1cn([C@H]2C[C@@H](N=[N+]=[N-])[C@@H](COP(=O)(O)OP(=O)(N[C@@H](C)C(=O)OC(C)C)Oc3ccccc3)O2)c(=O)[nH]c1=O. The van der Waals surface area contributed by atoms with Gasteiger partial charge in [-0.3, -0.25) is 23.7 Å². The lowest BCUT2D eigenvalue weighted by molar-refractivity contribution is -0.149. The monoisotopic (exact) mass is 616 g/mol. The molecule has 1 saturated heterocycles. The van der Waals surface area contributed by atoms with Crippen LogP contribution in [-0.4, -0.2) is 51.3 Å². The molecule has 1 aromatic carbocycles. The lowest BCUT2D eigenvalue weighted by Gasteiger charge is -2.25. The average molecular weight is 616 g/mol. The van der Waals surface area contributed by atoms with Crippen molar-refractivity contribution in [3.63, 3.8) is 0 Å². The Balaban J connectivity index is 1.77. The van der Waals surface area contributed by atoms with Crippen molar-refractivity contribution in [2.45, 2.75) is 64.6 Å². The number of carbonyl (C=O) groups is 1. The first-order valence-corrected chi connectivity index (χ1v) is 15.3. The molecule has 0 amide bonds. The van der Waals surface area contributed by atoms with Gasteiger partial charge < -0.3 is 18.9 Å². The molecule has 0 bridgehead atoms. The van der Waals surface area contributed by atoms with Crippen molar-refractivity contribution in [1.29, 1.82) is 0 Å². The number of carbonyl (C=O) groups excluding carboxylic acids is 1. The predicted molar refractivity (Wildman–Crippen MR) is 143 cm³/mol. The van der Waals surface area contributed by atoms with Crippen molar-refractivity contribution < 1.29 is 41.6 Å². The third-order valence-electron chi connectivity index (χ3n) is 5.50. The van der Waals surface area contributed by atoms with Crippen LogP contribution >= 0.6 is 15.6 Å². The van der Waals surface area contributed by atoms with E-state index in [2.05, 4.69) is 20.1 Å². The molecule has 2 aromatic rings. The van der Waals surface area contributed by atoms with Crippen molar-refractivity contribution in [3.8, 4) is 5.75 Å². The Hall–Kier alpha value is -3.26. The molecule has 41 heavy (non-hydrogen) atoms. The maximum atomic E-state index is 13.6. The van der Waals surface area contributed by atoms with E-state index < -0.39 is 69.9 Å². The number of phosphoric ester groups is 1. The fourth-order valence-corrected chi connectivity index (χ4v) is 6.63. The molecule has 0 spiro atoms. The number of aryl methyl sites for hydroxylation is 1. The summed E-state index contributed by atoms with van der Waals surface area (Å²) in [6, 6.07) is 5.28. The first-order valence-electron chi connectivity index (χ1n) is 12.3. The number of rotatable bonds is 13. The van der Waals surface area contributed by atoms with Crippen molar-refractivity contribution in [2.24, 2.45) is 5.11 Å². The maximum Gasteiger partial charge on any atom is 0.481 e. The maximum absolute atomic E-state index is 13.6. The van der Waals surface area contributed by atoms with E-state index in [4.69, 9.17) is 28.4 Å². The zero-order chi connectivity index (χ0) is 30.4. The molecule has 2 heterocycles. The van der Waals surface area contributed by atoms with Crippen molar-refractivity contribution in [1.82, 2.24) is 14.6 Å². The first-order chi connectivity index (χ1) is 19.2. The molecule has 0 radical (unpaired) electrons. The number of aromatic amines is 1. The Morgan fingerprint density at radius 2 is 1.98 bits per heavy atom. The van der Waals surface area contributed by atoms with Crippen molar-refractivity contribution in [2.75, 3.05) is 6.61 Å². The molecule has 17 nitrogen and oxygen atoms in total. The number of nitrogens with one attached hydrogen (secondary N) is 2. The highest BCUT2D eigenvalue weighted by molar-refractivity contribution is 7.63. The van der Waals surface area contributed by atoms with E-state index >= 15 is 0 Å². The second-order valence-electron chi connectivity index (χ2n) is 9.20. The smallest absolute Gasteiger partial charge is 0.462 e. The number of hydrogen-bond donors (Lipinski definition) is 3. The lowest BCUT2D eigenvalue weighted by atomic mass is 10.1. The topological polar surface area (TPSA) is 233 Å². The van der Waals surface area contributed by atoms with Crippen LogP contribution in [0.4, 0.5) is 0 Å². The van der Waals surface area contributed by atoms with Gasteiger partial charge in [0.15, 0.2) is 0 Å². The van der Waals surface area contributed by atoms with Crippen molar-refractivity contribution >= 4 is 21.5 Å². The molecule has 1 aromatic heterocycles. The number of nitrogens with zero attached hydrogens (tertiary/aromatic N) is 4. The van der Waals surface area contributed by atoms with Gasteiger partial charge in [-0.1, -0.05) is 23.3 Å². The van der Waals surface area contributed by atoms with E-state index in [9.17, 15) is 28.4 Å². The van der Waals surface area contributed by atoms with Gasteiger partial charge in [-0.2, -0.15) is 9.40 Å². The summed E-state index contributed by atoms with van der Waals surface area (Å²) in [6.07, 6.45) is -1.43. The highest BCUT2D eigenvalue weighted by atomic mass is 31.3. The molecule has 2 unspecified atom stereocenters. The van der Waals surface area contributed by atoms with Crippen LogP contribution in [-0.2, 0) is 32.2 Å². The fraction of sp³-hybridized carbons (Fsp3) is 0.500. The molecule has 3 rings (SSSR count). The summed E-state index contributed by atoms with van der Waals surface area (Å²) in [6.45, 7) is 5.26. The Morgan fingerprint density at radius 1 is 1.29 bits per heavy atom. The number of H-pyrrole nitrogens is 1. The summed E-state index contributed by atoms with van der Waals surface area (Å²) < 4.78 is 53.6. The van der Waals surface area contributed by atoms with Gasteiger partial charge in [-0.25, -0.2) is 13.9 Å². The summed E-state index contributed by atoms with van der Waals surface area (Å²) in [5.41, 5.74) is 7.81. The number of benzene rings is 1. The standard InChI is InChI=1S/C22H30N6O11P2/c1-13(2)36-21(30)15(4)26-40(32,38-16-8-6-5-7-9-16)39-41(33,34)35-12-18-17(25-27-23)10-19(37-18)28-11-14(3)20(29)24-22(28)31/h5-9,11,13,15,17-19H,10,12H2,1-4H3,(H,26,32)(H,33,34)(H,24,29,31)/t15-,17+,18+,19+,40?/m0/s1. The average Bonchev–Trinajstić information content (AvgIpc) is 3.27. The van der Waals surface area contributed by atoms with Crippen LogP contribution in [0, 0.1) is 6.92 Å². The van der Waals surface area contributed by atoms with E-state index in [-0.39, 0.29) is 17.7 Å².